The molecule has 0 atom stereocenters. The van der Waals surface area contributed by atoms with Crippen molar-refractivity contribution in [1.82, 2.24) is 20.2 Å². The Bertz CT molecular complexity index is 879. The van der Waals surface area contributed by atoms with Gasteiger partial charge < -0.3 is 5.32 Å². The summed E-state index contributed by atoms with van der Waals surface area (Å²) in [4.78, 5) is 22.0. The van der Waals surface area contributed by atoms with Crippen molar-refractivity contribution in [2.45, 2.75) is 34.1 Å². The third-order valence-corrected chi connectivity index (χ3v) is 4.81. The molecule has 0 radical (unpaired) electrons. The van der Waals surface area contributed by atoms with Crippen LogP contribution in [0.1, 0.15) is 40.0 Å². The number of nitrogens with zero attached hydrogens (tertiary/aromatic N) is 3. The van der Waals surface area contributed by atoms with Crippen molar-refractivity contribution in [3.8, 4) is 11.4 Å². The minimum Gasteiger partial charge on any atom is -0.321 e. The molecular weight excluding hydrogens is 334 g/mol. The van der Waals surface area contributed by atoms with Gasteiger partial charge in [-0.3, -0.25) is 9.89 Å². The van der Waals surface area contributed by atoms with Crippen LogP contribution < -0.4 is 5.32 Å². The van der Waals surface area contributed by atoms with E-state index in [0.29, 0.717) is 16.6 Å². The van der Waals surface area contributed by atoms with Crippen LogP contribution in [-0.4, -0.2) is 26.1 Å². The maximum atomic E-state index is 12.5. The average molecular weight is 355 g/mol. The molecule has 0 bridgehead atoms. The molecule has 2 N–H and O–H groups in total. The Morgan fingerprint density at radius 1 is 1.20 bits per heavy atom. The predicted molar refractivity (Wildman–Crippen MR) is 99.9 cm³/mol. The quantitative estimate of drug-likeness (QED) is 0.725. The van der Waals surface area contributed by atoms with E-state index in [9.17, 15) is 4.79 Å². The Balaban J connectivity index is 1.72. The second kappa shape index (κ2) is 7.14. The largest absolute Gasteiger partial charge is 0.321 e. The Morgan fingerprint density at radius 3 is 2.52 bits per heavy atom. The van der Waals surface area contributed by atoms with Crippen LogP contribution in [0.5, 0.6) is 0 Å². The van der Waals surface area contributed by atoms with E-state index >= 15 is 0 Å². The number of aryl methyl sites for hydroxylation is 2. The molecule has 130 valence electrons. The van der Waals surface area contributed by atoms with Gasteiger partial charge in [0.1, 0.15) is 10.7 Å². The summed E-state index contributed by atoms with van der Waals surface area (Å²) in [5, 5.41) is 10.9. The molecule has 2 aromatic heterocycles. The van der Waals surface area contributed by atoms with Crippen LogP contribution in [0.3, 0.4) is 0 Å². The number of anilines is 1. The molecule has 0 unspecified atom stereocenters. The van der Waals surface area contributed by atoms with Gasteiger partial charge in [0.15, 0.2) is 5.82 Å². The maximum Gasteiger partial charge on any atom is 0.267 e. The second-order valence-electron chi connectivity index (χ2n) is 6.40. The minimum atomic E-state index is -0.119. The highest BCUT2D eigenvalue weighted by atomic mass is 32.1. The molecule has 7 heteroatoms. The summed E-state index contributed by atoms with van der Waals surface area (Å²) >= 11 is 1.47. The van der Waals surface area contributed by atoms with Gasteiger partial charge in [-0.2, -0.15) is 5.10 Å². The zero-order valence-corrected chi connectivity index (χ0v) is 15.6. The molecule has 0 aliphatic carbocycles. The Kier molecular flexibility index (Phi) is 4.94. The SMILES string of the molecule is Cc1nc(-c2ccc(NC(=O)c3sc(CC(C)C)nc3C)cc2)n[nH]1. The fourth-order valence-electron chi connectivity index (χ4n) is 2.46. The number of aromatic nitrogens is 4. The van der Waals surface area contributed by atoms with Crippen LogP contribution in [0.4, 0.5) is 5.69 Å². The van der Waals surface area contributed by atoms with Crippen molar-refractivity contribution in [2.24, 2.45) is 5.92 Å². The molecule has 2 heterocycles. The molecule has 0 spiro atoms. The number of thiazole rings is 1. The number of carbonyl (C=O) groups is 1. The van der Waals surface area contributed by atoms with Crippen molar-refractivity contribution >= 4 is 22.9 Å². The molecule has 6 nitrogen and oxygen atoms in total. The van der Waals surface area contributed by atoms with Crippen molar-refractivity contribution in [3.05, 3.63) is 45.7 Å². The molecule has 0 saturated heterocycles. The first-order chi connectivity index (χ1) is 11.9. The van der Waals surface area contributed by atoms with Gasteiger partial charge >= 0.3 is 0 Å². The minimum absolute atomic E-state index is 0.119. The van der Waals surface area contributed by atoms with E-state index in [1.807, 2.05) is 38.1 Å². The van der Waals surface area contributed by atoms with Crippen LogP contribution in [-0.2, 0) is 6.42 Å². The van der Waals surface area contributed by atoms with E-state index in [2.05, 4.69) is 39.3 Å². The normalized spacial score (nSPS) is 11.1. The molecule has 0 aliphatic heterocycles. The number of hydrogen-bond donors (Lipinski definition) is 2. The lowest BCUT2D eigenvalue weighted by Gasteiger charge is -2.04. The molecular formula is C18H21N5OS. The van der Waals surface area contributed by atoms with Crippen molar-refractivity contribution in [1.29, 1.82) is 0 Å². The lowest BCUT2D eigenvalue weighted by Crippen LogP contribution is -2.11. The fourth-order valence-corrected chi connectivity index (χ4v) is 3.63. The highest BCUT2D eigenvalue weighted by Gasteiger charge is 2.16. The first kappa shape index (κ1) is 17.3. The van der Waals surface area contributed by atoms with Crippen LogP contribution in [0.2, 0.25) is 0 Å². The van der Waals surface area contributed by atoms with E-state index in [1.165, 1.54) is 11.3 Å². The number of hydrogen-bond acceptors (Lipinski definition) is 5. The summed E-state index contributed by atoms with van der Waals surface area (Å²) < 4.78 is 0. The van der Waals surface area contributed by atoms with Crippen molar-refractivity contribution in [2.75, 3.05) is 5.32 Å². The molecule has 25 heavy (non-hydrogen) atoms. The second-order valence-corrected chi connectivity index (χ2v) is 7.48. The van der Waals surface area contributed by atoms with Gasteiger partial charge in [-0.15, -0.1) is 11.3 Å². The highest BCUT2D eigenvalue weighted by Crippen LogP contribution is 2.23. The average Bonchev–Trinajstić information content (AvgIpc) is 3.13. The lowest BCUT2D eigenvalue weighted by molar-refractivity contribution is 0.103. The lowest BCUT2D eigenvalue weighted by atomic mass is 10.1. The van der Waals surface area contributed by atoms with Crippen LogP contribution in [0, 0.1) is 19.8 Å². The monoisotopic (exact) mass is 355 g/mol. The number of rotatable bonds is 5. The van der Waals surface area contributed by atoms with Crippen LogP contribution in [0.25, 0.3) is 11.4 Å². The van der Waals surface area contributed by atoms with Gasteiger partial charge in [0, 0.05) is 17.7 Å². The topological polar surface area (TPSA) is 83.6 Å². The van der Waals surface area contributed by atoms with Gasteiger partial charge in [0.2, 0.25) is 0 Å². The molecule has 0 aliphatic rings. The summed E-state index contributed by atoms with van der Waals surface area (Å²) in [7, 11) is 0. The summed E-state index contributed by atoms with van der Waals surface area (Å²) in [6, 6.07) is 7.48. The highest BCUT2D eigenvalue weighted by molar-refractivity contribution is 7.13. The molecule has 3 rings (SSSR count). The van der Waals surface area contributed by atoms with Gasteiger partial charge in [-0.1, -0.05) is 13.8 Å². The maximum absolute atomic E-state index is 12.5. The van der Waals surface area contributed by atoms with Crippen molar-refractivity contribution in [3.63, 3.8) is 0 Å². The molecule has 3 aromatic rings. The first-order valence-corrected chi connectivity index (χ1v) is 9.01. The van der Waals surface area contributed by atoms with E-state index in [-0.39, 0.29) is 5.91 Å². The Morgan fingerprint density at radius 2 is 1.92 bits per heavy atom. The standard InChI is InChI=1S/C18H21N5OS/c1-10(2)9-15-19-11(3)16(25-15)18(24)21-14-7-5-13(6-8-14)17-20-12(4)22-23-17/h5-8,10H,9H2,1-4H3,(H,21,24)(H,20,22,23). The fraction of sp³-hybridized carbons (Fsp3) is 0.333. The van der Waals surface area contributed by atoms with E-state index < -0.39 is 0 Å². The number of H-pyrrole nitrogens is 1. The van der Waals surface area contributed by atoms with Crippen molar-refractivity contribution < 1.29 is 4.79 Å². The van der Waals surface area contributed by atoms with Gasteiger partial charge in [-0.25, -0.2) is 9.97 Å². The summed E-state index contributed by atoms with van der Waals surface area (Å²) in [6.07, 6.45) is 0.892. The zero-order valence-electron chi connectivity index (χ0n) is 14.8. The number of nitrogens with one attached hydrogen (secondary N) is 2. The number of amides is 1. The first-order valence-electron chi connectivity index (χ1n) is 8.19. The van der Waals surface area contributed by atoms with Gasteiger partial charge in [0.05, 0.1) is 10.7 Å². The van der Waals surface area contributed by atoms with E-state index in [1.54, 1.807) is 0 Å². The predicted octanol–water partition coefficient (Wildman–Crippen LogP) is 4.00. The Hall–Kier alpha value is -2.54. The van der Waals surface area contributed by atoms with Gasteiger partial charge in [-0.05, 0) is 44.0 Å². The third kappa shape index (κ3) is 4.11. The number of carbonyl (C=O) groups excluding carboxylic acids is 1. The van der Waals surface area contributed by atoms with E-state index in [4.69, 9.17) is 0 Å². The summed E-state index contributed by atoms with van der Waals surface area (Å²) in [6.45, 7) is 8.03. The van der Waals surface area contributed by atoms with Crippen LogP contribution >= 0.6 is 11.3 Å². The molecule has 0 fully saturated rings. The van der Waals surface area contributed by atoms with Crippen LogP contribution in [0.15, 0.2) is 24.3 Å². The molecule has 1 aromatic carbocycles. The third-order valence-electron chi connectivity index (χ3n) is 3.63. The summed E-state index contributed by atoms with van der Waals surface area (Å²) in [5.74, 6) is 1.82. The number of aromatic amines is 1. The molecule has 1 amide bonds. The zero-order chi connectivity index (χ0) is 18.0. The smallest absolute Gasteiger partial charge is 0.267 e. The number of benzene rings is 1. The molecule has 0 saturated carbocycles. The van der Waals surface area contributed by atoms with E-state index in [0.717, 1.165) is 34.2 Å². The Labute approximate surface area is 150 Å². The van der Waals surface area contributed by atoms with Gasteiger partial charge in [0.25, 0.3) is 5.91 Å². The summed E-state index contributed by atoms with van der Waals surface area (Å²) in [5.41, 5.74) is 2.42.